The van der Waals surface area contributed by atoms with Crippen molar-refractivity contribution in [2.45, 2.75) is 31.2 Å². The van der Waals surface area contributed by atoms with Crippen molar-refractivity contribution in [2.75, 3.05) is 27.2 Å². The highest BCUT2D eigenvalue weighted by Crippen LogP contribution is 2.27. The van der Waals surface area contributed by atoms with Crippen LogP contribution >= 0.6 is 0 Å². The van der Waals surface area contributed by atoms with Crippen molar-refractivity contribution < 1.29 is 4.79 Å². The summed E-state index contributed by atoms with van der Waals surface area (Å²) in [6.45, 7) is 1.43. The predicted molar refractivity (Wildman–Crippen MR) is 57.0 cm³/mol. The molecule has 0 saturated heterocycles. The fourth-order valence-electron chi connectivity index (χ4n) is 1.50. The third-order valence-corrected chi connectivity index (χ3v) is 2.77. The van der Waals surface area contributed by atoms with Crippen molar-refractivity contribution >= 4 is 5.91 Å². The molecule has 0 aromatic heterocycles. The average Bonchev–Trinajstić information content (AvgIpc) is 2.08. The van der Waals surface area contributed by atoms with Crippen molar-refractivity contribution in [3.05, 3.63) is 0 Å². The lowest BCUT2D eigenvalue weighted by atomic mass is 9.78. The Morgan fingerprint density at radius 3 is 2.57 bits per heavy atom. The molecular weight excluding hydrogens is 178 g/mol. The van der Waals surface area contributed by atoms with Gasteiger partial charge in [0.25, 0.3) is 0 Å². The molecule has 4 nitrogen and oxygen atoms in total. The second-order valence-corrected chi connectivity index (χ2v) is 4.55. The molecule has 82 valence electrons. The first-order chi connectivity index (χ1) is 6.52. The van der Waals surface area contributed by atoms with Crippen molar-refractivity contribution in [1.82, 2.24) is 10.2 Å². The third kappa shape index (κ3) is 3.64. The van der Waals surface area contributed by atoms with E-state index in [1.54, 1.807) is 0 Å². The molecule has 0 spiro atoms. The van der Waals surface area contributed by atoms with Crippen molar-refractivity contribution in [1.29, 1.82) is 0 Å². The summed E-state index contributed by atoms with van der Waals surface area (Å²) in [5.74, 6) is 0.107. The lowest BCUT2D eigenvalue weighted by Gasteiger charge is -2.38. The number of amides is 1. The molecule has 0 heterocycles. The number of nitrogens with one attached hydrogen (secondary N) is 1. The van der Waals surface area contributed by atoms with Gasteiger partial charge in [-0.05, 0) is 33.4 Å². The molecule has 0 atom stereocenters. The summed E-state index contributed by atoms with van der Waals surface area (Å²) in [5, 5.41) is 2.89. The molecule has 1 aliphatic rings. The van der Waals surface area contributed by atoms with Gasteiger partial charge in [-0.25, -0.2) is 0 Å². The van der Waals surface area contributed by atoms with Gasteiger partial charge in [-0.15, -0.1) is 0 Å². The van der Waals surface area contributed by atoms with E-state index >= 15 is 0 Å². The largest absolute Gasteiger partial charge is 0.354 e. The number of carbonyl (C=O) groups is 1. The molecule has 1 amide bonds. The van der Waals surface area contributed by atoms with Crippen LogP contribution in [-0.4, -0.2) is 43.5 Å². The summed E-state index contributed by atoms with van der Waals surface area (Å²) >= 11 is 0. The second kappa shape index (κ2) is 4.75. The van der Waals surface area contributed by atoms with E-state index in [4.69, 9.17) is 5.73 Å². The van der Waals surface area contributed by atoms with Crippen LogP contribution in [0.15, 0.2) is 0 Å². The van der Waals surface area contributed by atoms with E-state index in [-0.39, 0.29) is 11.4 Å². The van der Waals surface area contributed by atoms with Crippen LogP contribution in [-0.2, 0) is 4.79 Å². The molecule has 0 aromatic rings. The van der Waals surface area contributed by atoms with Gasteiger partial charge in [0.05, 0.1) is 0 Å². The van der Waals surface area contributed by atoms with E-state index in [2.05, 4.69) is 5.32 Å². The molecule has 1 saturated carbocycles. The predicted octanol–water partition coefficient (Wildman–Crippen LogP) is -0.0643. The van der Waals surface area contributed by atoms with Gasteiger partial charge in [0, 0.05) is 25.0 Å². The molecule has 0 aliphatic heterocycles. The highest BCUT2D eigenvalue weighted by atomic mass is 16.1. The van der Waals surface area contributed by atoms with E-state index in [0.29, 0.717) is 13.0 Å². The SMILES string of the molecule is CN(C)CCC(=O)NCC1(N)CCC1. The first-order valence-electron chi connectivity index (χ1n) is 5.22. The Morgan fingerprint density at radius 2 is 2.14 bits per heavy atom. The summed E-state index contributed by atoms with van der Waals surface area (Å²) in [4.78, 5) is 13.3. The third-order valence-electron chi connectivity index (χ3n) is 2.77. The standard InChI is InChI=1S/C10H21N3O/c1-13(2)7-4-9(14)12-8-10(11)5-3-6-10/h3-8,11H2,1-2H3,(H,12,14). The van der Waals surface area contributed by atoms with Crippen LogP contribution in [0.1, 0.15) is 25.7 Å². The Morgan fingerprint density at radius 1 is 1.50 bits per heavy atom. The number of rotatable bonds is 5. The number of carbonyl (C=O) groups excluding carboxylic acids is 1. The number of nitrogens with two attached hydrogens (primary N) is 1. The zero-order valence-electron chi connectivity index (χ0n) is 9.18. The van der Waals surface area contributed by atoms with Crippen molar-refractivity contribution in [2.24, 2.45) is 5.73 Å². The van der Waals surface area contributed by atoms with Crippen molar-refractivity contribution in [3.8, 4) is 0 Å². The molecule has 0 aromatic carbocycles. The summed E-state index contributed by atoms with van der Waals surface area (Å²) in [6, 6.07) is 0. The molecule has 0 unspecified atom stereocenters. The molecular formula is C10H21N3O. The minimum atomic E-state index is -0.103. The molecule has 1 aliphatic carbocycles. The van der Waals surface area contributed by atoms with Crippen LogP contribution in [0.3, 0.4) is 0 Å². The van der Waals surface area contributed by atoms with E-state index < -0.39 is 0 Å². The summed E-state index contributed by atoms with van der Waals surface area (Å²) in [7, 11) is 3.92. The molecule has 14 heavy (non-hydrogen) atoms. The van der Waals surface area contributed by atoms with Gasteiger partial charge in [-0.1, -0.05) is 0 Å². The molecule has 4 heteroatoms. The van der Waals surface area contributed by atoms with Crippen molar-refractivity contribution in [3.63, 3.8) is 0 Å². The Bertz CT molecular complexity index is 200. The average molecular weight is 199 g/mol. The summed E-state index contributed by atoms with van der Waals surface area (Å²) < 4.78 is 0. The van der Waals surface area contributed by atoms with Gasteiger partial charge < -0.3 is 16.0 Å². The topological polar surface area (TPSA) is 58.4 Å². The first kappa shape index (κ1) is 11.5. The van der Waals surface area contributed by atoms with E-state index in [1.165, 1.54) is 6.42 Å². The van der Waals surface area contributed by atoms with E-state index in [9.17, 15) is 4.79 Å². The number of nitrogens with zero attached hydrogens (tertiary/aromatic N) is 1. The number of hydrogen-bond donors (Lipinski definition) is 2. The van der Waals surface area contributed by atoms with Gasteiger partial charge in [-0.3, -0.25) is 4.79 Å². The smallest absolute Gasteiger partial charge is 0.221 e. The van der Waals surface area contributed by atoms with Gasteiger partial charge in [0.2, 0.25) is 5.91 Å². The minimum Gasteiger partial charge on any atom is -0.354 e. The lowest BCUT2D eigenvalue weighted by molar-refractivity contribution is -0.121. The highest BCUT2D eigenvalue weighted by Gasteiger charge is 2.32. The van der Waals surface area contributed by atoms with Crippen LogP contribution in [0, 0.1) is 0 Å². The van der Waals surface area contributed by atoms with Gasteiger partial charge in [0.15, 0.2) is 0 Å². The first-order valence-corrected chi connectivity index (χ1v) is 5.22. The minimum absolute atomic E-state index is 0.103. The lowest BCUT2D eigenvalue weighted by Crippen LogP contribution is -2.55. The van der Waals surface area contributed by atoms with E-state index in [1.807, 2.05) is 19.0 Å². The summed E-state index contributed by atoms with van der Waals surface area (Å²) in [5.41, 5.74) is 5.88. The Hall–Kier alpha value is -0.610. The maximum Gasteiger partial charge on any atom is 0.221 e. The van der Waals surface area contributed by atoms with Crippen LogP contribution in [0.25, 0.3) is 0 Å². The Balaban J connectivity index is 2.08. The maximum absolute atomic E-state index is 11.3. The van der Waals surface area contributed by atoms with Crippen LogP contribution in [0.2, 0.25) is 0 Å². The van der Waals surface area contributed by atoms with Crippen LogP contribution in [0.5, 0.6) is 0 Å². The maximum atomic E-state index is 11.3. The zero-order chi connectivity index (χ0) is 10.6. The molecule has 3 N–H and O–H groups in total. The van der Waals surface area contributed by atoms with Gasteiger partial charge in [-0.2, -0.15) is 0 Å². The van der Waals surface area contributed by atoms with E-state index in [0.717, 1.165) is 19.4 Å². The fourth-order valence-corrected chi connectivity index (χ4v) is 1.50. The molecule has 0 bridgehead atoms. The number of hydrogen-bond acceptors (Lipinski definition) is 3. The Labute approximate surface area is 85.8 Å². The summed E-state index contributed by atoms with van der Waals surface area (Å²) in [6.07, 6.45) is 3.84. The zero-order valence-corrected chi connectivity index (χ0v) is 9.18. The highest BCUT2D eigenvalue weighted by molar-refractivity contribution is 5.76. The van der Waals surface area contributed by atoms with Gasteiger partial charge in [0.1, 0.15) is 0 Å². The fraction of sp³-hybridized carbons (Fsp3) is 0.900. The van der Waals surface area contributed by atoms with Gasteiger partial charge >= 0.3 is 0 Å². The second-order valence-electron chi connectivity index (χ2n) is 4.55. The molecule has 1 rings (SSSR count). The quantitative estimate of drug-likeness (QED) is 0.652. The monoisotopic (exact) mass is 199 g/mol. The molecule has 1 fully saturated rings. The van der Waals surface area contributed by atoms with Crippen LogP contribution < -0.4 is 11.1 Å². The van der Waals surface area contributed by atoms with Crippen LogP contribution in [0.4, 0.5) is 0 Å². The normalized spacial score (nSPS) is 19.1. The Kier molecular flexibility index (Phi) is 3.89. The molecule has 0 radical (unpaired) electrons.